The van der Waals surface area contributed by atoms with Gasteiger partial charge in [0.2, 0.25) is 0 Å². The molecule has 2 rings (SSSR count). The van der Waals surface area contributed by atoms with Crippen LogP contribution in [0.2, 0.25) is 0 Å². The van der Waals surface area contributed by atoms with Gasteiger partial charge in [0.15, 0.2) is 5.69 Å². The standard InChI is InChI=1S/C7H6F3NOS/c8-7(9,10)5-3-13-6(11-5)4-1-12-2-4/h3-4H,1-2H2. The normalized spacial score (nSPS) is 18.7. The first kappa shape index (κ1) is 8.96. The molecule has 0 N–H and O–H groups in total. The molecule has 13 heavy (non-hydrogen) atoms. The molecule has 1 saturated heterocycles. The minimum Gasteiger partial charge on any atom is -0.380 e. The summed E-state index contributed by atoms with van der Waals surface area (Å²) < 4.78 is 41.2. The van der Waals surface area contributed by atoms with Crippen molar-refractivity contribution in [2.75, 3.05) is 13.2 Å². The average Bonchev–Trinajstić information content (AvgIpc) is 2.29. The molecule has 0 bridgehead atoms. The second kappa shape index (κ2) is 2.95. The Balaban J connectivity index is 2.17. The van der Waals surface area contributed by atoms with E-state index in [1.807, 2.05) is 0 Å². The summed E-state index contributed by atoms with van der Waals surface area (Å²) in [4.78, 5) is 3.52. The molecule has 0 unspecified atom stereocenters. The minimum absolute atomic E-state index is 0.0705. The lowest BCUT2D eigenvalue weighted by atomic mass is 10.1. The van der Waals surface area contributed by atoms with E-state index in [0.29, 0.717) is 18.2 Å². The van der Waals surface area contributed by atoms with Gasteiger partial charge < -0.3 is 4.74 Å². The van der Waals surface area contributed by atoms with Crippen LogP contribution in [0.15, 0.2) is 5.38 Å². The van der Waals surface area contributed by atoms with E-state index in [1.54, 1.807) is 0 Å². The van der Waals surface area contributed by atoms with Crippen molar-refractivity contribution < 1.29 is 17.9 Å². The Morgan fingerprint density at radius 2 is 2.15 bits per heavy atom. The highest BCUT2D eigenvalue weighted by Gasteiger charge is 2.35. The Morgan fingerprint density at radius 1 is 1.46 bits per heavy atom. The quantitative estimate of drug-likeness (QED) is 0.707. The molecule has 0 saturated carbocycles. The predicted molar refractivity (Wildman–Crippen MR) is 40.7 cm³/mol. The van der Waals surface area contributed by atoms with Crippen LogP contribution in [-0.4, -0.2) is 18.2 Å². The Hall–Kier alpha value is -0.620. The van der Waals surface area contributed by atoms with Crippen molar-refractivity contribution in [1.29, 1.82) is 0 Å². The lowest BCUT2D eigenvalue weighted by molar-refractivity contribution is -0.140. The van der Waals surface area contributed by atoms with Gasteiger partial charge in [-0.15, -0.1) is 11.3 Å². The molecule has 0 atom stereocenters. The largest absolute Gasteiger partial charge is 0.434 e. The highest BCUT2D eigenvalue weighted by molar-refractivity contribution is 7.09. The molecule has 0 amide bonds. The molecule has 1 aliphatic heterocycles. The van der Waals surface area contributed by atoms with Crippen LogP contribution in [0.4, 0.5) is 13.2 Å². The van der Waals surface area contributed by atoms with Crippen molar-refractivity contribution >= 4 is 11.3 Å². The van der Waals surface area contributed by atoms with E-state index < -0.39 is 11.9 Å². The highest BCUT2D eigenvalue weighted by Crippen LogP contribution is 2.33. The van der Waals surface area contributed by atoms with Gasteiger partial charge in [-0.3, -0.25) is 0 Å². The van der Waals surface area contributed by atoms with Crippen LogP contribution in [0, 0.1) is 0 Å². The van der Waals surface area contributed by atoms with Gasteiger partial charge >= 0.3 is 6.18 Å². The smallest absolute Gasteiger partial charge is 0.380 e. The number of hydrogen-bond donors (Lipinski definition) is 0. The molecular weight excluding hydrogens is 203 g/mol. The maximum atomic E-state index is 12.1. The molecule has 2 nitrogen and oxygen atoms in total. The maximum Gasteiger partial charge on any atom is 0.434 e. The molecule has 1 fully saturated rings. The third kappa shape index (κ3) is 1.68. The average molecular weight is 209 g/mol. The summed E-state index contributed by atoms with van der Waals surface area (Å²) in [6, 6.07) is 0. The summed E-state index contributed by atoms with van der Waals surface area (Å²) in [5.74, 6) is 0.0705. The number of thiazole rings is 1. The zero-order chi connectivity index (χ0) is 9.47. The molecule has 6 heteroatoms. The van der Waals surface area contributed by atoms with Crippen LogP contribution in [-0.2, 0) is 10.9 Å². The van der Waals surface area contributed by atoms with Crippen LogP contribution < -0.4 is 0 Å². The summed E-state index contributed by atoms with van der Waals surface area (Å²) in [6.07, 6.45) is -4.32. The van der Waals surface area contributed by atoms with Gasteiger partial charge in [-0.1, -0.05) is 0 Å². The summed E-state index contributed by atoms with van der Waals surface area (Å²) in [5, 5.41) is 1.58. The fraction of sp³-hybridized carbons (Fsp3) is 0.571. The van der Waals surface area contributed by atoms with Crippen LogP contribution in [0.25, 0.3) is 0 Å². The monoisotopic (exact) mass is 209 g/mol. The molecule has 0 radical (unpaired) electrons. The Labute approximate surface area is 76.4 Å². The van der Waals surface area contributed by atoms with Crippen molar-refractivity contribution in [1.82, 2.24) is 4.98 Å². The molecule has 2 heterocycles. The molecule has 72 valence electrons. The fourth-order valence-corrected chi connectivity index (χ4v) is 1.88. The molecule has 1 aromatic rings. The summed E-state index contributed by atoms with van der Waals surface area (Å²) in [7, 11) is 0. The lowest BCUT2D eigenvalue weighted by Crippen LogP contribution is -2.25. The van der Waals surface area contributed by atoms with Crippen molar-refractivity contribution in [3.05, 3.63) is 16.1 Å². The van der Waals surface area contributed by atoms with Crippen LogP contribution in [0.5, 0.6) is 0 Å². The Morgan fingerprint density at radius 3 is 2.54 bits per heavy atom. The van der Waals surface area contributed by atoms with Crippen LogP contribution >= 0.6 is 11.3 Å². The van der Waals surface area contributed by atoms with Crippen LogP contribution in [0.1, 0.15) is 16.6 Å². The minimum atomic E-state index is -4.32. The summed E-state index contributed by atoms with van der Waals surface area (Å²) >= 11 is 1.05. The number of aromatic nitrogens is 1. The van der Waals surface area contributed by atoms with E-state index in [1.165, 1.54) is 0 Å². The molecule has 1 aliphatic rings. The summed E-state index contributed by atoms with van der Waals surface area (Å²) in [5.41, 5.74) is -0.792. The van der Waals surface area contributed by atoms with Gasteiger partial charge in [-0.2, -0.15) is 13.2 Å². The highest BCUT2D eigenvalue weighted by atomic mass is 32.1. The Bertz CT molecular complexity index is 305. The zero-order valence-electron chi connectivity index (χ0n) is 6.47. The van der Waals surface area contributed by atoms with Crippen molar-refractivity contribution in [2.24, 2.45) is 0 Å². The fourth-order valence-electron chi connectivity index (χ4n) is 0.984. The zero-order valence-corrected chi connectivity index (χ0v) is 7.28. The Kier molecular flexibility index (Phi) is 2.03. The van der Waals surface area contributed by atoms with Gasteiger partial charge in [-0.25, -0.2) is 4.98 Å². The maximum absolute atomic E-state index is 12.1. The van der Waals surface area contributed by atoms with Gasteiger partial charge in [0.1, 0.15) is 5.01 Å². The van der Waals surface area contributed by atoms with E-state index in [9.17, 15) is 13.2 Å². The van der Waals surface area contributed by atoms with Crippen molar-refractivity contribution in [2.45, 2.75) is 12.1 Å². The summed E-state index contributed by atoms with van der Waals surface area (Å²) in [6.45, 7) is 0.982. The number of ether oxygens (including phenoxy) is 1. The molecule has 0 spiro atoms. The number of rotatable bonds is 1. The van der Waals surface area contributed by atoms with Crippen LogP contribution in [0.3, 0.4) is 0 Å². The first-order chi connectivity index (χ1) is 6.07. The van der Waals surface area contributed by atoms with Gasteiger partial charge in [0.05, 0.1) is 19.1 Å². The van der Waals surface area contributed by atoms with E-state index in [-0.39, 0.29) is 5.92 Å². The first-order valence-corrected chi connectivity index (χ1v) is 4.55. The van der Waals surface area contributed by atoms with E-state index in [2.05, 4.69) is 4.98 Å². The molecule has 0 aliphatic carbocycles. The van der Waals surface area contributed by atoms with Crippen molar-refractivity contribution in [3.8, 4) is 0 Å². The lowest BCUT2D eigenvalue weighted by Gasteiger charge is -2.23. The van der Waals surface area contributed by atoms with Gasteiger partial charge in [-0.05, 0) is 0 Å². The predicted octanol–water partition coefficient (Wildman–Crippen LogP) is 2.28. The van der Waals surface area contributed by atoms with E-state index in [4.69, 9.17) is 4.74 Å². The van der Waals surface area contributed by atoms with Gasteiger partial charge in [0, 0.05) is 5.38 Å². The molecule has 0 aromatic carbocycles. The number of alkyl halides is 3. The van der Waals surface area contributed by atoms with E-state index in [0.717, 1.165) is 16.7 Å². The topological polar surface area (TPSA) is 22.1 Å². The van der Waals surface area contributed by atoms with E-state index >= 15 is 0 Å². The van der Waals surface area contributed by atoms with Gasteiger partial charge in [0.25, 0.3) is 0 Å². The third-order valence-corrected chi connectivity index (χ3v) is 2.81. The SMILES string of the molecule is FC(F)(F)c1csc(C2COC2)n1. The molecule has 1 aromatic heterocycles. The number of nitrogens with zero attached hydrogens (tertiary/aromatic N) is 1. The second-order valence-electron chi connectivity index (χ2n) is 2.80. The number of hydrogen-bond acceptors (Lipinski definition) is 3. The third-order valence-electron chi connectivity index (χ3n) is 1.80. The van der Waals surface area contributed by atoms with Crippen molar-refractivity contribution in [3.63, 3.8) is 0 Å². The number of halogens is 3. The second-order valence-corrected chi connectivity index (χ2v) is 3.69. The first-order valence-electron chi connectivity index (χ1n) is 3.68. The molecular formula is C7H6F3NOS.